The number of nitrogens with one attached hydrogen (secondary N) is 1. The van der Waals surface area contributed by atoms with Crippen molar-refractivity contribution >= 4 is 22.4 Å². The van der Waals surface area contributed by atoms with E-state index in [1.807, 2.05) is 49.1 Å². The van der Waals surface area contributed by atoms with E-state index in [1.165, 1.54) is 5.39 Å². The maximum Gasteiger partial charge on any atom is 0.207 e. The van der Waals surface area contributed by atoms with Gasteiger partial charge < -0.3 is 9.88 Å². The van der Waals surface area contributed by atoms with Crippen LogP contribution in [0, 0.1) is 6.92 Å². The summed E-state index contributed by atoms with van der Waals surface area (Å²) in [5, 5.41) is 5.61. The molecule has 90 valence electrons. The molecule has 3 rings (SSSR count). The number of aryl methyl sites for hydroxylation is 2. The molecule has 0 atom stereocenters. The van der Waals surface area contributed by atoms with Gasteiger partial charge in [-0.2, -0.15) is 0 Å². The molecule has 2 heterocycles. The van der Waals surface area contributed by atoms with Crippen molar-refractivity contribution in [2.75, 3.05) is 5.32 Å². The summed E-state index contributed by atoms with van der Waals surface area (Å²) >= 11 is 0. The van der Waals surface area contributed by atoms with E-state index in [4.69, 9.17) is 0 Å². The number of rotatable bonds is 2. The van der Waals surface area contributed by atoms with Crippen molar-refractivity contribution < 1.29 is 0 Å². The van der Waals surface area contributed by atoms with Crippen molar-refractivity contribution in [1.29, 1.82) is 0 Å². The van der Waals surface area contributed by atoms with Gasteiger partial charge in [0.15, 0.2) is 0 Å². The molecule has 0 fully saturated rings. The predicted octanol–water partition coefficient (Wildman–Crippen LogP) is 3.02. The van der Waals surface area contributed by atoms with Crippen LogP contribution in [0.3, 0.4) is 0 Å². The molecule has 0 radical (unpaired) electrons. The lowest BCUT2D eigenvalue weighted by molar-refractivity contribution is 0.924. The third-order valence-electron chi connectivity index (χ3n) is 2.93. The normalized spacial score (nSPS) is 10.8. The Labute approximate surface area is 105 Å². The molecule has 0 aliphatic rings. The second kappa shape index (κ2) is 4.14. The highest BCUT2D eigenvalue weighted by molar-refractivity contribution is 5.94. The molecule has 0 unspecified atom stereocenters. The lowest BCUT2D eigenvalue weighted by atomic mass is 10.1. The Kier molecular flexibility index (Phi) is 2.48. The van der Waals surface area contributed by atoms with E-state index in [0.717, 1.165) is 22.7 Å². The SMILES string of the molecule is Cc1cn(C)c(Nc2cccc3ccncc23)n1. The van der Waals surface area contributed by atoms with Crippen LogP contribution in [-0.2, 0) is 7.05 Å². The molecule has 1 aromatic carbocycles. The molecule has 4 nitrogen and oxygen atoms in total. The molecule has 0 spiro atoms. The molecule has 1 N–H and O–H groups in total. The number of nitrogens with zero attached hydrogens (tertiary/aromatic N) is 3. The number of benzene rings is 1. The molecule has 0 bridgehead atoms. The summed E-state index contributed by atoms with van der Waals surface area (Å²) in [5.74, 6) is 0.837. The molecule has 0 saturated carbocycles. The van der Waals surface area contributed by atoms with Crippen molar-refractivity contribution in [3.05, 3.63) is 48.5 Å². The van der Waals surface area contributed by atoms with Gasteiger partial charge >= 0.3 is 0 Å². The van der Waals surface area contributed by atoms with Crippen LogP contribution in [0.4, 0.5) is 11.6 Å². The third kappa shape index (κ3) is 1.82. The Hall–Kier alpha value is -2.36. The van der Waals surface area contributed by atoms with E-state index in [-0.39, 0.29) is 0 Å². The minimum absolute atomic E-state index is 0.837. The third-order valence-corrected chi connectivity index (χ3v) is 2.93. The number of imidazole rings is 1. The average molecular weight is 238 g/mol. The van der Waals surface area contributed by atoms with Crippen LogP contribution >= 0.6 is 0 Å². The van der Waals surface area contributed by atoms with Gasteiger partial charge in [-0.25, -0.2) is 4.98 Å². The van der Waals surface area contributed by atoms with E-state index in [1.54, 1.807) is 6.20 Å². The van der Waals surface area contributed by atoms with Gasteiger partial charge in [0.1, 0.15) is 0 Å². The van der Waals surface area contributed by atoms with Crippen molar-refractivity contribution in [3.8, 4) is 0 Å². The Morgan fingerprint density at radius 3 is 2.89 bits per heavy atom. The maximum absolute atomic E-state index is 4.44. The van der Waals surface area contributed by atoms with Gasteiger partial charge in [0, 0.05) is 31.0 Å². The first kappa shape index (κ1) is 10.8. The number of aromatic nitrogens is 3. The molecular formula is C14H14N4. The Bertz CT molecular complexity index is 695. The van der Waals surface area contributed by atoms with Gasteiger partial charge in [0.25, 0.3) is 0 Å². The molecule has 2 aromatic heterocycles. The average Bonchev–Trinajstić information content (AvgIpc) is 2.68. The first-order chi connectivity index (χ1) is 8.74. The zero-order chi connectivity index (χ0) is 12.5. The van der Waals surface area contributed by atoms with Gasteiger partial charge in [0.05, 0.1) is 11.4 Å². The van der Waals surface area contributed by atoms with Crippen LogP contribution in [0.1, 0.15) is 5.69 Å². The maximum atomic E-state index is 4.44. The predicted molar refractivity (Wildman–Crippen MR) is 73.0 cm³/mol. The van der Waals surface area contributed by atoms with E-state index in [9.17, 15) is 0 Å². The molecule has 18 heavy (non-hydrogen) atoms. The van der Waals surface area contributed by atoms with Gasteiger partial charge in [0.2, 0.25) is 5.95 Å². The zero-order valence-electron chi connectivity index (χ0n) is 10.4. The summed E-state index contributed by atoms with van der Waals surface area (Å²) in [6.45, 7) is 1.98. The number of pyridine rings is 1. The van der Waals surface area contributed by atoms with E-state index >= 15 is 0 Å². The minimum atomic E-state index is 0.837. The molecule has 0 saturated heterocycles. The smallest absolute Gasteiger partial charge is 0.207 e. The second-order valence-corrected chi connectivity index (χ2v) is 4.34. The van der Waals surface area contributed by atoms with E-state index in [2.05, 4.69) is 21.4 Å². The van der Waals surface area contributed by atoms with Crippen LogP contribution in [0.5, 0.6) is 0 Å². The fourth-order valence-electron chi connectivity index (χ4n) is 2.08. The quantitative estimate of drug-likeness (QED) is 0.746. The van der Waals surface area contributed by atoms with Crippen molar-refractivity contribution in [3.63, 3.8) is 0 Å². The topological polar surface area (TPSA) is 42.7 Å². The lowest BCUT2D eigenvalue weighted by Crippen LogP contribution is -1.99. The molecule has 0 aliphatic heterocycles. The van der Waals surface area contributed by atoms with Gasteiger partial charge in [-0.05, 0) is 24.4 Å². The van der Waals surface area contributed by atoms with Crippen LogP contribution < -0.4 is 5.32 Å². The summed E-state index contributed by atoms with van der Waals surface area (Å²) in [7, 11) is 1.98. The highest BCUT2D eigenvalue weighted by Gasteiger charge is 2.05. The summed E-state index contributed by atoms with van der Waals surface area (Å²) in [5.41, 5.74) is 2.02. The molecule has 0 amide bonds. The van der Waals surface area contributed by atoms with Gasteiger partial charge in [-0.1, -0.05) is 12.1 Å². The molecular weight excluding hydrogens is 224 g/mol. The van der Waals surface area contributed by atoms with Gasteiger partial charge in [-0.3, -0.25) is 4.98 Å². The van der Waals surface area contributed by atoms with Crippen LogP contribution in [0.15, 0.2) is 42.9 Å². The second-order valence-electron chi connectivity index (χ2n) is 4.34. The standard InChI is InChI=1S/C14H14N4/c1-10-9-18(2)14(16-10)17-13-5-3-4-11-6-7-15-8-12(11)13/h3-9H,1-2H3,(H,16,17). The van der Waals surface area contributed by atoms with Crippen molar-refractivity contribution in [1.82, 2.24) is 14.5 Å². The van der Waals surface area contributed by atoms with Crippen LogP contribution in [0.25, 0.3) is 10.8 Å². The summed E-state index contributed by atoms with van der Waals surface area (Å²) in [6.07, 6.45) is 5.66. The Balaban J connectivity index is 2.07. The van der Waals surface area contributed by atoms with Gasteiger partial charge in [-0.15, -0.1) is 0 Å². The first-order valence-electron chi connectivity index (χ1n) is 5.84. The van der Waals surface area contributed by atoms with Crippen molar-refractivity contribution in [2.24, 2.45) is 7.05 Å². The monoisotopic (exact) mass is 238 g/mol. The largest absolute Gasteiger partial charge is 0.325 e. The summed E-state index contributed by atoms with van der Waals surface area (Å²) in [6, 6.07) is 8.14. The Morgan fingerprint density at radius 2 is 2.11 bits per heavy atom. The van der Waals surface area contributed by atoms with E-state index in [0.29, 0.717) is 0 Å². The first-order valence-corrected chi connectivity index (χ1v) is 5.84. The number of fused-ring (bicyclic) bond motifs is 1. The minimum Gasteiger partial charge on any atom is -0.325 e. The van der Waals surface area contributed by atoms with E-state index < -0.39 is 0 Å². The lowest BCUT2D eigenvalue weighted by Gasteiger charge is -2.08. The summed E-state index contributed by atoms with van der Waals surface area (Å²) < 4.78 is 1.98. The van der Waals surface area contributed by atoms with Crippen molar-refractivity contribution in [2.45, 2.75) is 6.92 Å². The molecule has 0 aliphatic carbocycles. The molecule has 3 aromatic rings. The zero-order valence-corrected chi connectivity index (χ0v) is 10.4. The molecule has 4 heteroatoms. The number of hydrogen-bond acceptors (Lipinski definition) is 3. The number of hydrogen-bond donors (Lipinski definition) is 1. The van der Waals surface area contributed by atoms with Crippen LogP contribution in [-0.4, -0.2) is 14.5 Å². The van der Waals surface area contributed by atoms with Crippen LogP contribution in [0.2, 0.25) is 0 Å². The fraction of sp³-hybridized carbons (Fsp3) is 0.143. The highest BCUT2D eigenvalue weighted by Crippen LogP contribution is 2.24. The summed E-state index contributed by atoms with van der Waals surface area (Å²) in [4.78, 5) is 8.62. The highest BCUT2D eigenvalue weighted by atomic mass is 15.2. The number of anilines is 2. The fourth-order valence-corrected chi connectivity index (χ4v) is 2.08. The Morgan fingerprint density at radius 1 is 1.22 bits per heavy atom.